The maximum atomic E-state index is 12.8. The molecule has 0 heterocycles. The minimum absolute atomic E-state index is 0.287. The molecule has 0 aromatic heterocycles. The van der Waals surface area contributed by atoms with E-state index in [2.05, 4.69) is 13.8 Å². The molecule has 62 valence electrons. The number of hydrogen-bond donors (Lipinski definition) is 0. The van der Waals surface area contributed by atoms with Gasteiger partial charge in [0.05, 0.1) is 5.38 Å². The number of alkyl halides is 2. The van der Waals surface area contributed by atoms with Gasteiger partial charge in [-0.05, 0) is 18.8 Å². The van der Waals surface area contributed by atoms with Crippen LogP contribution in [0.5, 0.6) is 0 Å². The van der Waals surface area contributed by atoms with Crippen molar-refractivity contribution in [2.45, 2.75) is 45.2 Å². The van der Waals surface area contributed by atoms with Gasteiger partial charge in [-0.3, -0.25) is 0 Å². The Bertz CT molecular complexity index is 83.3. The summed E-state index contributed by atoms with van der Waals surface area (Å²) in [7, 11) is 0. The molecule has 0 rings (SSSR count). The summed E-state index contributed by atoms with van der Waals surface area (Å²) in [5.41, 5.74) is 0. The van der Waals surface area contributed by atoms with Crippen molar-refractivity contribution < 1.29 is 4.39 Å². The fraction of sp³-hybridized carbons (Fsp3) is 1.00. The Morgan fingerprint density at radius 3 is 2.20 bits per heavy atom. The molecule has 2 unspecified atom stereocenters. The number of halogens is 2. The summed E-state index contributed by atoms with van der Waals surface area (Å²) in [6, 6.07) is 0. The highest BCUT2D eigenvalue weighted by Gasteiger charge is 2.16. The van der Waals surface area contributed by atoms with E-state index in [0.717, 1.165) is 6.42 Å². The predicted molar refractivity (Wildman–Crippen MR) is 44.3 cm³/mol. The van der Waals surface area contributed by atoms with E-state index in [-0.39, 0.29) is 5.38 Å². The van der Waals surface area contributed by atoms with E-state index in [1.165, 1.54) is 0 Å². The van der Waals surface area contributed by atoms with Crippen molar-refractivity contribution in [2.24, 2.45) is 5.92 Å². The standard InChI is InChI=1S/C8H16ClF/c1-4-8(10)7(9)5-6(2)3/h6-8H,4-5H2,1-3H3. The first-order chi connectivity index (χ1) is 4.57. The average molecular weight is 167 g/mol. The molecule has 0 radical (unpaired) electrons. The van der Waals surface area contributed by atoms with Gasteiger partial charge in [-0.25, -0.2) is 4.39 Å². The lowest BCUT2D eigenvalue weighted by atomic mass is 10.0. The maximum absolute atomic E-state index is 12.8. The molecule has 0 amide bonds. The molecule has 0 bridgehead atoms. The molecule has 0 aromatic rings. The molecule has 0 aromatic carbocycles. The van der Waals surface area contributed by atoms with E-state index in [0.29, 0.717) is 12.3 Å². The number of rotatable bonds is 4. The average Bonchev–Trinajstić information content (AvgIpc) is 1.85. The van der Waals surface area contributed by atoms with Gasteiger partial charge in [0.2, 0.25) is 0 Å². The van der Waals surface area contributed by atoms with E-state index in [1.807, 2.05) is 6.92 Å². The van der Waals surface area contributed by atoms with Gasteiger partial charge >= 0.3 is 0 Å². The second kappa shape index (κ2) is 4.95. The van der Waals surface area contributed by atoms with Crippen molar-refractivity contribution in [2.75, 3.05) is 0 Å². The molecule has 0 saturated carbocycles. The predicted octanol–water partition coefficient (Wildman–Crippen LogP) is 3.39. The van der Waals surface area contributed by atoms with Crippen molar-refractivity contribution in [3.05, 3.63) is 0 Å². The summed E-state index contributed by atoms with van der Waals surface area (Å²) in [6.45, 7) is 5.93. The molecule has 0 aliphatic rings. The molecule has 0 N–H and O–H groups in total. The van der Waals surface area contributed by atoms with Gasteiger partial charge in [0.15, 0.2) is 0 Å². The molecule has 0 aliphatic heterocycles. The summed E-state index contributed by atoms with van der Waals surface area (Å²) in [4.78, 5) is 0. The molecule has 0 fully saturated rings. The zero-order valence-electron chi connectivity index (χ0n) is 6.90. The van der Waals surface area contributed by atoms with Crippen molar-refractivity contribution in [1.29, 1.82) is 0 Å². The molecule has 10 heavy (non-hydrogen) atoms. The summed E-state index contributed by atoms with van der Waals surface area (Å²) in [6.07, 6.45) is 0.473. The molecular weight excluding hydrogens is 151 g/mol. The zero-order valence-corrected chi connectivity index (χ0v) is 7.66. The van der Waals surface area contributed by atoms with E-state index in [4.69, 9.17) is 11.6 Å². The van der Waals surface area contributed by atoms with Crippen LogP contribution >= 0.6 is 11.6 Å². The fourth-order valence-electron chi connectivity index (χ4n) is 0.854. The third-order valence-corrected chi connectivity index (χ3v) is 1.93. The maximum Gasteiger partial charge on any atom is 0.116 e. The van der Waals surface area contributed by atoms with Crippen LogP contribution in [0, 0.1) is 5.92 Å². The molecule has 0 nitrogen and oxygen atoms in total. The second-order valence-electron chi connectivity index (χ2n) is 3.07. The Kier molecular flexibility index (Phi) is 5.06. The van der Waals surface area contributed by atoms with Gasteiger partial charge in [0.25, 0.3) is 0 Å². The van der Waals surface area contributed by atoms with Crippen LogP contribution < -0.4 is 0 Å². The molecule has 2 atom stereocenters. The Morgan fingerprint density at radius 2 is 1.90 bits per heavy atom. The highest BCUT2D eigenvalue weighted by molar-refractivity contribution is 6.21. The lowest BCUT2D eigenvalue weighted by molar-refractivity contribution is 0.292. The van der Waals surface area contributed by atoms with Gasteiger partial charge in [-0.15, -0.1) is 11.6 Å². The molecule has 0 spiro atoms. The third-order valence-electron chi connectivity index (χ3n) is 1.48. The SMILES string of the molecule is CCC(F)C(Cl)CC(C)C. The summed E-state index contributed by atoms with van der Waals surface area (Å²) in [5.74, 6) is 0.493. The Balaban J connectivity index is 3.50. The summed E-state index contributed by atoms with van der Waals surface area (Å²) >= 11 is 5.75. The fourth-order valence-corrected chi connectivity index (χ4v) is 1.39. The normalized spacial score (nSPS) is 17.4. The summed E-state index contributed by atoms with van der Waals surface area (Å²) < 4.78 is 12.8. The van der Waals surface area contributed by atoms with E-state index in [1.54, 1.807) is 0 Å². The van der Waals surface area contributed by atoms with Crippen molar-refractivity contribution in [1.82, 2.24) is 0 Å². The lowest BCUT2D eigenvalue weighted by Gasteiger charge is -2.14. The van der Waals surface area contributed by atoms with Crippen molar-refractivity contribution in [3.8, 4) is 0 Å². The first-order valence-electron chi connectivity index (χ1n) is 3.86. The van der Waals surface area contributed by atoms with E-state index >= 15 is 0 Å². The Morgan fingerprint density at radius 1 is 1.40 bits per heavy atom. The van der Waals surface area contributed by atoms with Crippen LogP contribution in [0.1, 0.15) is 33.6 Å². The minimum atomic E-state index is -0.830. The topological polar surface area (TPSA) is 0 Å². The van der Waals surface area contributed by atoms with Crippen LogP contribution in [-0.2, 0) is 0 Å². The smallest absolute Gasteiger partial charge is 0.116 e. The lowest BCUT2D eigenvalue weighted by Crippen LogP contribution is -2.16. The Labute approximate surface area is 67.8 Å². The second-order valence-corrected chi connectivity index (χ2v) is 3.63. The van der Waals surface area contributed by atoms with Gasteiger partial charge in [-0.2, -0.15) is 0 Å². The van der Waals surface area contributed by atoms with Crippen LogP contribution in [0.25, 0.3) is 0 Å². The Hall–Kier alpha value is 0.220. The van der Waals surface area contributed by atoms with Crippen LogP contribution in [-0.4, -0.2) is 11.5 Å². The molecule has 0 saturated heterocycles. The van der Waals surface area contributed by atoms with Crippen molar-refractivity contribution in [3.63, 3.8) is 0 Å². The first-order valence-corrected chi connectivity index (χ1v) is 4.29. The largest absolute Gasteiger partial charge is 0.246 e. The van der Waals surface area contributed by atoms with Crippen LogP contribution in [0.2, 0.25) is 0 Å². The minimum Gasteiger partial charge on any atom is -0.246 e. The first kappa shape index (κ1) is 10.2. The number of hydrogen-bond acceptors (Lipinski definition) is 0. The van der Waals surface area contributed by atoms with Crippen LogP contribution in [0.3, 0.4) is 0 Å². The molecule has 2 heteroatoms. The summed E-state index contributed by atoms with van der Waals surface area (Å²) in [5, 5.41) is -0.287. The van der Waals surface area contributed by atoms with Crippen LogP contribution in [0.15, 0.2) is 0 Å². The highest BCUT2D eigenvalue weighted by Crippen LogP contribution is 2.18. The monoisotopic (exact) mass is 166 g/mol. The van der Waals surface area contributed by atoms with E-state index in [9.17, 15) is 4.39 Å². The van der Waals surface area contributed by atoms with Gasteiger partial charge < -0.3 is 0 Å². The molecular formula is C8H16ClF. The quantitative estimate of drug-likeness (QED) is 0.562. The van der Waals surface area contributed by atoms with Gasteiger partial charge in [-0.1, -0.05) is 20.8 Å². The van der Waals surface area contributed by atoms with E-state index < -0.39 is 6.17 Å². The van der Waals surface area contributed by atoms with Crippen molar-refractivity contribution >= 4 is 11.6 Å². The zero-order chi connectivity index (χ0) is 8.15. The van der Waals surface area contributed by atoms with Crippen LogP contribution in [0.4, 0.5) is 4.39 Å². The van der Waals surface area contributed by atoms with Gasteiger partial charge in [0.1, 0.15) is 6.17 Å². The highest BCUT2D eigenvalue weighted by atomic mass is 35.5. The molecule has 0 aliphatic carbocycles. The third kappa shape index (κ3) is 4.10. The van der Waals surface area contributed by atoms with Gasteiger partial charge in [0, 0.05) is 0 Å².